The first kappa shape index (κ1) is 21.2. The summed E-state index contributed by atoms with van der Waals surface area (Å²) in [5.41, 5.74) is 3.37. The van der Waals surface area contributed by atoms with Crippen molar-refractivity contribution >= 4 is 12.1 Å². The molecule has 1 fully saturated rings. The van der Waals surface area contributed by atoms with Crippen LogP contribution in [0, 0.1) is 0 Å². The first-order valence-electron chi connectivity index (χ1n) is 9.96. The normalized spacial score (nSPS) is 15.5. The van der Waals surface area contributed by atoms with Crippen molar-refractivity contribution in [2.24, 2.45) is 5.10 Å². The summed E-state index contributed by atoms with van der Waals surface area (Å²) in [5, 5.41) is 7.38. The molecule has 1 aliphatic rings. The highest BCUT2D eigenvalue weighted by atomic mass is 16.5. The number of amides is 1. The van der Waals surface area contributed by atoms with Crippen LogP contribution >= 0.6 is 0 Å². The van der Waals surface area contributed by atoms with Crippen LogP contribution in [0.1, 0.15) is 65.4 Å². The zero-order valence-corrected chi connectivity index (χ0v) is 17.0. The van der Waals surface area contributed by atoms with Crippen LogP contribution in [0.3, 0.4) is 0 Å². The number of benzene rings is 1. The summed E-state index contributed by atoms with van der Waals surface area (Å²) >= 11 is 0. The maximum atomic E-state index is 12.0. The van der Waals surface area contributed by atoms with Crippen molar-refractivity contribution < 1.29 is 14.3 Å². The molecule has 1 aliphatic carbocycles. The number of nitrogens with one attached hydrogen (secondary N) is 2. The van der Waals surface area contributed by atoms with E-state index in [1.807, 2.05) is 45.9 Å². The van der Waals surface area contributed by atoms with Gasteiger partial charge in [0.25, 0.3) is 5.91 Å². The van der Waals surface area contributed by atoms with Crippen LogP contribution in [0.5, 0.6) is 11.5 Å². The van der Waals surface area contributed by atoms with E-state index in [1.54, 1.807) is 6.21 Å². The van der Waals surface area contributed by atoms with E-state index in [1.165, 1.54) is 19.3 Å². The summed E-state index contributed by atoms with van der Waals surface area (Å²) in [6, 6.07) is 6.06. The molecule has 0 spiro atoms. The zero-order valence-electron chi connectivity index (χ0n) is 17.0. The van der Waals surface area contributed by atoms with Crippen molar-refractivity contribution in [3.8, 4) is 11.5 Å². The van der Waals surface area contributed by atoms with E-state index in [9.17, 15) is 4.79 Å². The molecule has 0 saturated heterocycles. The molecule has 1 aromatic rings. The van der Waals surface area contributed by atoms with E-state index in [0.29, 0.717) is 18.3 Å². The third kappa shape index (κ3) is 7.99. The monoisotopic (exact) mass is 375 g/mol. The fourth-order valence-electron chi connectivity index (χ4n) is 3.08. The lowest BCUT2D eigenvalue weighted by Gasteiger charge is -2.22. The van der Waals surface area contributed by atoms with E-state index >= 15 is 0 Å². The minimum absolute atomic E-state index is 0.0285. The van der Waals surface area contributed by atoms with Crippen LogP contribution in [-0.2, 0) is 4.79 Å². The second kappa shape index (κ2) is 10.9. The highest BCUT2D eigenvalue weighted by molar-refractivity contribution is 5.86. The topological polar surface area (TPSA) is 72.0 Å². The Labute approximate surface area is 162 Å². The van der Waals surface area contributed by atoms with Gasteiger partial charge in [0.2, 0.25) is 0 Å². The van der Waals surface area contributed by atoms with Gasteiger partial charge in [0.05, 0.1) is 25.0 Å². The van der Waals surface area contributed by atoms with Gasteiger partial charge in [0, 0.05) is 17.7 Å². The lowest BCUT2D eigenvalue weighted by Crippen LogP contribution is -2.38. The quantitative estimate of drug-likeness (QED) is 0.511. The van der Waals surface area contributed by atoms with Gasteiger partial charge < -0.3 is 14.8 Å². The van der Waals surface area contributed by atoms with Crippen molar-refractivity contribution in [3.63, 3.8) is 0 Å². The van der Waals surface area contributed by atoms with Gasteiger partial charge in [-0.3, -0.25) is 4.79 Å². The van der Waals surface area contributed by atoms with Gasteiger partial charge in [-0.05, 0) is 52.7 Å². The standard InChI is InChI=1S/C21H33N3O3/c1-15(2)26-19-11-10-17(20(12-19)27-16(3)4)13-23-24-21(25)14-22-18-8-6-5-7-9-18/h10-13,15-16,18,22H,5-9,14H2,1-4H3,(H,24,25). The summed E-state index contributed by atoms with van der Waals surface area (Å²) in [5.74, 6) is 1.29. The molecule has 6 nitrogen and oxygen atoms in total. The molecule has 0 radical (unpaired) electrons. The van der Waals surface area contributed by atoms with E-state index in [0.717, 1.165) is 24.2 Å². The van der Waals surface area contributed by atoms with Crippen LogP contribution in [0.2, 0.25) is 0 Å². The predicted octanol–water partition coefficient (Wildman–Crippen LogP) is 3.63. The van der Waals surface area contributed by atoms with E-state index in [2.05, 4.69) is 15.8 Å². The highest BCUT2D eigenvalue weighted by Gasteiger charge is 2.13. The van der Waals surface area contributed by atoms with Gasteiger partial charge in [0.1, 0.15) is 11.5 Å². The predicted molar refractivity (Wildman–Crippen MR) is 109 cm³/mol. The Kier molecular flexibility index (Phi) is 8.58. The maximum absolute atomic E-state index is 12.0. The molecule has 2 rings (SSSR count). The number of nitrogens with zero attached hydrogens (tertiary/aromatic N) is 1. The summed E-state index contributed by atoms with van der Waals surface area (Å²) in [6.45, 7) is 8.19. The third-order valence-electron chi connectivity index (χ3n) is 4.27. The average molecular weight is 376 g/mol. The summed E-state index contributed by atoms with van der Waals surface area (Å²) in [4.78, 5) is 12.0. The second-order valence-corrected chi connectivity index (χ2v) is 7.54. The van der Waals surface area contributed by atoms with Gasteiger partial charge in [-0.15, -0.1) is 0 Å². The first-order valence-corrected chi connectivity index (χ1v) is 9.96. The number of hydrazone groups is 1. The lowest BCUT2D eigenvalue weighted by molar-refractivity contribution is -0.120. The Balaban J connectivity index is 1.90. The van der Waals surface area contributed by atoms with Gasteiger partial charge in [-0.1, -0.05) is 19.3 Å². The first-order chi connectivity index (χ1) is 12.9. The summed E-state index contributed by atoms with van der Waals surface area (Å²) in [7, 11) is 0. The Hall–Kier alpha value is -2.08. The third-order valence-corrected chi connectivity index (χ3v) is 4.27. The molecule has 150 valence electrons. The van der Waals surface area contributed by atoms with E-state index < -0.39 is 0 Å². The largest absolute Gasteiger partial charge is 0.491 e. The molecule has 0 unspecified atom stereocenters. The molecular formula is C21H33N3O3. The summed E-state index contributed by atoms with van der Waals surface area (Å²) < 4.78 is 11.6. The molecule has 2 N–H and O–H groups in total. The smallest absolute Gasteiger partial charge is 0.254 e. The molecule has 0 aliphatic heterocycles. The van der Waals surface area contributed by atoms with Crippen molar-refractivity contribution in [2.75, 3.05) is 6.54 Å². The molecule has 1 amide bonds. The number of hydrogen-bond donors (Lipinski definition) is 2. The van der Waals surface area contributed by atoms with Gasteiger partial charge in [-0.2, -0.15) is 5.10 Å². The number of hydrogen-bond acceptors (Lipinski definition) is 5. The Morgan fingerprint density at radius 1 is 1.15 bits per heavy atom. The van der Waals surface area contributed by atoms with Crippen LogP contribution in [0.25, 0.3) is 0 Å². The molecule has 6 heteroatoms. The number of carbonyl (C=O) groups is 1. The van der Waals surface area contributed by atoms with Crippen molar-refractivity contribution in [2.45, 2.75) is 78.0 Å². The van der Waals surface area contributed by atoms with Crippen molar-refractivity contribution in [3.05, 3.63) is 23.8 Å². The fourth-order valence-corrected chi connectivity index (χ4v) is 3.08. The molecule has 0 aromatic heterocycles. The fraction of sp³-hybridized carbons (Fsp3) is 0.619. The van der Waals surface area contributed by atoms with Crippen molar-refractivity contribution in [1.82, 2.24) is 10.7 Å². The molecule has 0 atom stereocenters. The number of carbonyl (C=O) groups excluding carboxylic acids is 1. The van der Waals surface area contributed by atoms with Crippen LogP contribution in [-0.4, -0.2) is 36.9 Å². The molecule has 1 saturated carbocycles. The Bertz CT molecular complexity index is 623. The van der Waals surface area contributed by atoms with E-state index in [-0.39, 0.29) is 18.1 Å². The SMILES string of the molecule is CC(C)Oc1ccc(C=NNC(=O)CNC2CCCCC2)c(OC(C)C)c1. The Morgan fingerprint density at radius 2 is 1.85 bits per heavy atom. The molecule has 1 aromatic carbocycles. The molecule has 0 heterocycles. The minimum atomic E-state index is -0.136. The average Bonchev–Trinajstić information content (AvgIpc) is 2.61. The van der Waals surface area contributed by atoms with Gasteiger partial charge in [-0.25, -0.2) is 5.43 Å². The van der Waals surface area contributed by atoms with Crippen molar-refractivity contribution in [1.29, 1.82) is 0 Å². The zero-order chi connectivity index (χ0) is 19.6. The highest BCUT2D eigenvalue weighted by Crippen LogP contribution is 2.25. The number of rotatable bonds is 9. The molecular weight excluding hydrogens is 342 g/mol. The second-order valence-electron chi connectivity index (χ2n) is 7.54. The molecule has 0 bridgehead atoms. The van der Waals surface area contributed by atoms with Gasteiger partial charge in [0.15, 0.2) is 0 Å². The number of ether oxygens (including phenoxy) is 2. The van der Waals surface area contributed by atoms with Crippen LogP contribution in [0.4, 0.5) is 0 Å². The van der Waals surface area contributed by atoms with Crippen LogP contribution < -0.4 is 20.2 Å². The Morgan fingerprint density at radius 3 is 2.52 bits per heavy atom. The van der Waals surface area contributed by atoms with Crippen LogP contribution in [0.15, 0.2) is 23.3 Å². The maximum Gasteiger partial charge on any atom is 0.254 e. The molecule has 27 heavy (non-hydrogen) atoms. The van der Waals surface area contributed by atoms with E-state index in [4.69, 9.17) is 9.47 Å². The van der Waals surface area contributed by atoms with Gasteiger partial charge >= 0.3 is 0 Å². The minimum Gasteiger partial charge on any atom is -0.491 e. The lowest BCUT2D eigenvalue weighted by atomic mass is 9.95. The summed E-state index contributed by atoms with van der Waals surface area (Å²) in [6.07, 6.45) is 7.81.